The molecule has 0 atom stereocenters. The number of carbonyl (C=O) groups is 1. The molecule has 1 amide bonds. The minimum atomic E-state index is -0.0726. The molecule has 0 unspecified atom stereocenters. The number of amides is 1. The molecule has 0 bridgehead atoms. The summed E-state index contributed by atoms with van der Waals surface area (Å²) in [6, 6.07) is 3.59. The molecule has 2 rings (SSSR count). The van der Waals surface area contributed by atoms with E-state index in [0.717, 1.165) is 0 Å². The van der Waals surface area contributed by atoms with E-state index in [4.69, 9.17) is 4.74 Å². The molecule has 6 heteroatoms. The Hall–Kier alpha value is -1.95. The minimum absolute atomic E-state index is 0.0581. The molecular weight excluding hydrogens is 250 g/mol. The van der Waals surface area contributed by atoms with Gasteiger partial charge in [0.15, 0.2) is 5.13 Å². The number of carbonyl (C=O) groups excluding carboxylic acids is 1. The summed E-state index contributed by atoms with van der Waals surface area (Å²) in [6.07, 6.45) is 4.87. The lowest BCUT2D eigenvalue weighted by molar-refractivity contribution is -0.118. The summed E-state index contributed by atoms with van der Waals surface area (Å²) in [5, 5.41) is 3.87. The molecule has 0 aromatic carbocycles. The van der Waals surface area contributed by atoms with Gasteiger partial charge < -0.3 is 10.1 Å². The molecule has 0 spiro atoms. The van der Waals surface area contributed by atoms with Crippen LogP contribution in [-0.4, -0.2) is 15.9 Å². The number of hydrogen-bond donors (Lipinski definition) is 1. The third-order valence-corrected chi connectivity index (χ3v) is 2.88. The fourth-order valence-corrected chi connectivity index (χ4v) is 1.83. The van der Waals surface area contributed by atoms with Crippen LogP contribution in [0.3, 0.4) is 0 Å². The summed E-state index contributed by atoms with van der Waals surface area (Å²) in [7, 11) is 0. The Balaban J connectivity index is 2.00. The highest BCUT2D eigenvalue weighted by molar-refractivity contribution is 7.17. The standard InChI is InChI=1S/C12H13N3O2S/c1-8(2)11(16)15-12-14-7-10(18-12)17-9-4-3-5-13-6-9/h3-8H,1-2H3,(H,14,15,16). The summed E-state index contributed by atoms with van der Waals surface area (Å²) >= 11 is 1.28. The Labute approximate surface area is 109 Å². The van der Waals surface area contributed by atoms with Gasteiger partial charge in [0.05, 0.1) is 12.4 Å². The number of anilines is 1. The Morgan fingerprint density at radius 2 is 2.28 bits per heavy atom. The quantitative estimate of drug-likeness (QED) is 0.921. The predicted molar refractivity (Wildman–Crippen MR) is 69.9 cm³/mol. The minimum Gasteiger partial charge on any atom is -0.443 e. The first-order chi connectivity index (χ1) is 8.65. The number of aromatic nitrogens is 2. The first kappa shape index (κ1) is 12.5. The fraction of sp³-hybridized carbons (Fsp3) is 0.250. The van der Waals surface area contributed by atoms with Crippen molar-refractivity contribution in [2.45, 2.75) is 13.8 Å². The second kappa shape index (κ2) is 5.59. The van der Waals surface area contributed by atoms with Gasteiger partial charge in [0.1, 0.15) is 5.75 Å². The Morgan fingerprint density at radius 1 is 1.44 bits per heavy atom. The van der Waals surface area contributed by atoms with Crippen molar-refractivity contribution in [3.05, 3.63) is 30.7 Å². The van der Waals surface area contributed by atoms with Gasteiger partial charge in [-0.1, -0.05) is 25.2 Å². The fourth-order valence-electron chi connectivity index (χ4n) is 1.14. The lowest BCUT2D eigenvalue weighted by atomic mass is 10.2. The van der Waals surface area contributed by atoms with Gasteiger partial charge in [-0.2, -0.15) is 0 Å². The van der Waals surface area contributed by atoms with Crippen molar-refractivity contribution in [2.24, 2.45) is 5.92 Å². The zero-order valence-corrected chi connectivity index (χ0v) is 10.9. The molecule has 0 aliphatic rings. The van der Waals surface area contributed by atoms with Gasteiger partial charge in [0.2, 0.25) is 11.0 Å². The second-order valence-corrected chi connectivity index (χ2v) is 4.91. The van der Waals surface area contributed by atoms with E-state index in [-0.39, 0.29) is 11.8 Å². The van der Waals surface area contributed by atoms with E-state index in [9.17, 15) is 4.79 Å². The molecule has 5 nitrogen and oxygen atoms in total. The number of pyridine rings is 1. The highest BCUT2D eigenvalue weighted by Crippen LogP contribution is 2.29. The third-order valence-electron chi connectivity index (χ3n) is 2.09. The van der Waals surface area contributed by atoms with Crippen molar-refractivity contribution < 1.29 is 9.53 Å². The summed E-state index contributed by atoms with van der Waals surface area (Å²) in [4.78, 5) is 19.5. The van der Waals surface area contributed by atoms with Crippen molar-refractivity contribution in [2.75, 3.05) is 5.32 Å². The molecule has 0 aliphatic heterocycles. The average Bonchev–Trinajstić information content (AvgIpc) is 2.77. The van der Waals surface area contributed by atoms with E-state index < -0.39 is 0 Å². The van der Waals surface area contributed by atoms with Crippen molar-refractivity contribution >= 4 is 22.4 Å². The highest BCUT2D eigenvalue weighted by atomic mass is 32.1. The van der Waals surface area contributed by atoms with Gasteiger partial charge in [-0.25, -0.2) is 4.98 Å². The maximum atomic E-state index is 11.5. The molecule has 1 N–H and O–H groups in total. The summed E-state index contributed by atoms with van der Waals surface area (Å²) in [6.45, 7) is 3.66. The van der Waals surface area contributed by atoms with Gasteiger partial charge >= 0.3 is 0 Å². The van der Waals surface area contributed by atoms with Crippen LogP contribution in [0.2, 0.25) is 0 Å². The monoisotopic (exact) mass is 263 g/mol. The lowest BCUT2D eigenvalue weighted by Gasteiger charge is -2.03. The van der Waals surface area contributed by atoms with Gasteiger partial charge in [0, 0.05) is 12.1 Å². The first-order valence-corrected chi connectivity index (χ1v) is 6.31. The molecule has 0 radical (unpaired) electrons. The first-order valence-electron chi connectivity index (χ1n) is 5.49. The van der Waals surface area contributed by atoms with Gasteiger partial charge in [0.25, 0.3) is 0 Å². The number of thiazole rings is 1. The third kappa shape index (κ3) is 3.27. The smallest absolute Gasteiger partial charge is 0.228 e. The van der Waals surface area contributed by atoms with Crippen molar-refractivity contribution in [1.29, 1.82) is 0 Å². The Bertz CT molecular complexity index is 525. The lowest BCUT2D eigenvalue weighted by Crippen LogP contribution is -2.17. The van der Waals surface area contributed by atoms with Crippen LogP contribution in [0, 0.1) is 5.92 Å². The predicted octanol–water partition coefficient (Wildman–Crippen LogP) is 2.92. The summed E-state index contributed by atoms with van der Waals surface area (Å²) < 4.78 is 5.54. The van der Waals surface area contributed by atoms with Gasteiger partial charge in [-0.3, -0.25) is 9.78 Å². The van der Waals surface area contributed by atoms with Crippen molar-refractivity contribution in [1.82, 2.24) is 9.97 Å². The maximum absolute atomic E-state index is 11.5. The normalized spacial score (nSPS) is 10.4. The molecule has 94 valence electrons. The molecule has 2 aromatic heterocycles. The van der Waals surface area contributed by atoms with Crippen molar-refractivity contribution in [3.63, 3.8) is 0 Å². The Kier molecular flexibility index (Phi) is 3.88. The highest BCUT2D eigenvalue weighted by Gasteiger charge is 2.10. The molecule has 2 heterocycles. The zero-order valence-electron chi connectivity index (χ0n) is 10.1. The number of nitrogens with zero attached hydrogens (tertiary/aromatic N) is 2. The SMILES string of the molecule is CC(C)C(=O)Nc1ncc(Oc2cccnc2)s1. The van der Waals surface area contributed by atoms with Crippen LogP contribution in [0.4, 0.5) is 5.13 Å². The molecule has 0 fully saturated rings. The molecule has 0 saturated carbocycles. The van der Waals surface area contributed by atoms with E-state index in [0.29, 0.717) is 15.9 Å². The number of nitrogens with one attached hydrogen (secondary N) is 1. The van der Waals surface area contributed by atoms with Crippen LogP contribution < -0.4 is 10.1 Å². The molecular formula is C12H13N3O2S. The molecule has 0 saturated heterocycles. The van der Waals surface area contributed by atoms with Gasteiger partial charge in [-0.05, 0) is 12.1 Å². The van der Waals surface area contributed by atoms with Crippen LogP contribution in [0.15, 0.2) is 30.7 Å². The van der Waals surface area contributed by atoms with Gasteiger partial charge in [-0.15, -0.1) is 0 Å². The topological polar surface area (TPSA) is 64.1 Å². The number of hydrogen-bond acceptors (Lipinski definition) is 5. The van der Waals surface area contributed by atoms with Crippen LogP contribution in [0.1, 0.15) is 13.8 Å². The van der Waals surface area contributed by atoms with E-state index in [1.54, 1.807) is 30.7 Å². The molecule has 2 aromatic rings. The van der Waals surface area contributed by atoms with Crippen LogP contribution in [0.25, 0.3) is 0 Å². The number of rotatable bonds is 4. The largest absolute Gasteiger partial charge is 0.443 e. The van der Waals surface area contributed by atoms with Crippen molar-refractivity contribution in [3.8, 4) is 10.8 Å². The average molecular weight is 263 g/mol. The van der Waals surface area contributed by atoms with E-state index in [1.165, 1.54) is 11.3 Å². The van der Waals surface area contributed by atoms with E-state index in [2.05, 4.69) is 15.3 Å². The molecule has 0 aliphatic carbocycles. The van der Waals surface area contributed by atoms with Crippen LogP contribution >= 0.6 is 11.3 Å². The molecule has 18 heavy (non-hydrogen) atoms. The van der Waals surface area contributed by atoms with Crippen LogP contribution in [-0.2, 0) is 4.79 Å². The Morgan fingerprint density at radius 3 is 2.94 bits per heavy atom. The second-order valence-electron chi connectivity index (χ2n) is 3.92. The van der Waals surface area contributed by atoms with Crippen LogP contribution in [0.5, 0.6) is 10.8 Å². The number of ether oxygens (including phenoxy) is 1. The van der Waals surface area contributed by atoms with E-state index in [1.807, 2.05) is 13.8 Å². The summed E-state index contributed by atoms with van der Waals surface area (Å²) in [5.41, 5.74) is 0. The summed E-state index contributed by atoms with van der Waals surface area (Å²) in [5.74, 6) is 0.511. The zero-order chi connectivity index (χ0) is 13.0. The maximum Gasteiger partial charge on any atom is 0.228 e. The van der Waals surface area contributed by atoms with E-state index >= 15 is 0 Å².